The van der Waals surface area contributed by atoms with Crippen LogP contribution >= 0.6 is 0 Å². The Morgan fingerprint density at radius 2 is 1.82 bits per heavy atom. The highest BCUT2D eigenvalue weighted by Crippen LogP contribution is 2.35. The largest absolute Gasteiger partial charge is 0.321 e. The Balaban J connectivity index is 1.72. The van der Waals surface area contributed by atoms with E-state index in [1.54, 1.807) is 6.92 Å². The lowest BCUT2D eigenvalue weighted by atomic mass is 10.0. The van der Waals surface area contributed by atoms with Crippen molar-refractivity contribution in [3.63, 3.8) is 0 Å². The molecule has 0 unspecified atom stereocenters. The molecule has 0 fully saturated rings. The van der Waals surface area contributed by atoms with Gasteiger partial charge in [0, 0.05) is 17.6 Å². The van der Waals surface area contributed by atoms with E-state index in [0.717, 1.165) is 41.8 Å². The van der Waals surface area contributed by atoms with Gasteiger partial charge in [0.15, 0.2) is 0 Å². The normalized spacial score (nSPS) is 13.1. The molecule has 0 bridgehead atoms. The summed E-state index contributed by atoms with van der Waals surface area (Å²) in [4.78, 5) is 12.6. The first-order valence-corrected chi connectivity index (χ1v) is 10.5. The summed E-state index contributed by atoms with van der Waals surface area (Å²) in [5.41, 5.74) is 2.72. The predicted octanol–water partition coefficient (Wildman–Crippen LogP) is 3.63. The number of nitrogens with one attached hydrogen (secondary N) is 2. The number of hydrogen-bond donors (Lipinski definition) is 2. The summed E-state index contributed by atoms with van der Waals surface area (Å²) in [5.74, 6) is -1.47. The van der Waals surface area contributed by atoms with Gasteiger partial charge in [-0.1, -0.05) is 31.2 Å². The number of carbonyl (C=O) groups is 1. The summed E-state index contributed by atoms with van der Waals surface area (Å²) < 4.78 is 40.9. The standard InChI is InChI=1S/C21H19FN2O3S/c1-2-23-28(26,27)15-9-10-18(22)17(12-15)21(25)24-19-11-8-14-7-6-13-4-3-5-16(19)20(13)14/h3-5,8-12,23H,2,6-7H2,1H3,(H,24,25). The number of anilines is 1. The number of benzene rings is 3. The molecule has 0 saturated carbocycles. The zero-order valence-electron chi connectivity index (χ0n) is 15.3. The fourth-order valence-corrected chi connectivity index (χ4v) is 4.73. The van der Waals surface area contributed by atoms with Crippen molar-refractivity contribution in [1.29, 1.82) is 0 Å². The van der Waals surface area contributed by atoms with E-state index < -0.39 is 21.7 Å². The number of halogens is 1. The first-order valence-electron chi connectivity index (χ1n) is 9.05. The van der Waals surface area contributed by atoms with E-state index in [1.807, 2.05) is 24.3 Å². The van der Waals surface area contributed by atoms with Crippen LogP contribution in [0.2, 0.25) is 0 Å². The van der Waals surface area contributed by atoms with Gasteiger partial charge < -0.3 is 5.32 Å². The average molecular weight is 398 g/mol. The molecule has 3 aromatic carbocycles. The average Bonchev–Trinajstić information content (AvgIpc) is 3.09. The molecule has 144 valence electrons. The van der Waals surface area contributed by atoms with Gasteiger partial charge in [0.1, 0.15) is 5.82 Å². The molecule has 0 spiro atoms. The second-order valence-corrected chi connectivity index (χ2v) is 8.48. The maximum atomic E-state index is 14.3. The van der Waals surface area contributed by atoms with Crippen molar-refractivity contribution in [3.8, 4) is 0 Å². The van der Waals surface area contributed by atoms with Crippen LogP contribution in [0.4, 0.5) is 10.1 Å². The van der Waals surface area contributed by atoms with Gasteiger partial charge in [-0.3, -0.25) is 4.79 Å². The van der Waals surface area contributed by atoms with Gasteiger partial charge >= 0.3 is 0 Å². The number of rotatable bonds is 5. The molecule has 2 N–H and O–H groups in total. The van der Waals surface area contributed by atoms with E-state index in [0.29, 0.717) is 5.69 Å². The van der Waals surface area contributed by atoms with Crippen LogP contribution < -0.4 is 10.0 Å². The summed E-state index contributed by atoms with van der Waals surface area (Å²) in [6.07, 6.45) is 1.92. The van der Waals surface area contributed by atoms with Gasteiger partial charge in [-0.05, 0) is 53.6 Å². The van der Waals surface area contributed by atoms with Crippen LogP contribution in [0, 0.1) is 5.82 Å². The third-order valence-corrected chi connectivity index (χ3v) is 6.50. The lowest BCUT2D eigenvalue weighted by Gasteiger charge is -2.12. The Morgan fingerprint density at radius 1 is 1.07 bits per heavy atom. The van der Waals surface area contributed by atoms with Crippen LogP contribution in [-0.2, 0) is 22.9 Å². The zero-order valence-corrected chi connectivity index (χ0v) is 16.1. The SMILES string of the molecule is CCNS(=O)(=O)c1ccc(F)c(C(=O)Nc2ccc3c4c(cccc24)CC3)c1. The third-order valence-electron chi connectivity index (χ3n) is 4.95. The molecule has 0 aliphatic heterocycles. The Kier molecular flexibility index (Phi) is 4.64. The van der Waals surface area contributed by atoms with Crippen LogP contribution in [0.25, 0.3) is 10.8 Å². The topological polar surface area (TPSA) is 75.3 Å². The van der Waals surface area contributed by atoms with Crippen LogP contribution in [0.15, 0.2) is 53.4 Å². The third kappa shape index (κ3) is 3.16. The first kappa shape index (κ1) is 18.6. The summed E-state index contributed by atoms with van der Waals surface area (Å²) in [5, 5.41) is 4.77. The minimum atomic E-state index is -3.79. The zero-order chi connectivity index (χ0) is 19.9. The molecule has 28 heavy (non-hydrogen) atoms. The van der Waals surface area contributed by atoms with Crippen molar-refractivity contribution >= 4 is 32.4 Å². The molecule has 1 aliphatic carbocycles. The van der Waals surface area contributed by atoms with E-state index in [1.165, 1.54) is 11.1 Å². The lowest BCUT2D eigenvalue weighted by Crippen LogP contribution is -2.24. The van der Waals surface area contributed by atoms with E-state index in [9.17, 15) is 17.6 Å². The van der Waals surface area contributed by atoms with Crippen molar-refractivity contribution in [3.05, 3.63) is 71.0 Å². The van der Waals surface area contributed by atoms with E-state index in [-0.39, 0.29) is 17.0 Å². The number of amides is 1. The maximum absolute atomic E-state index is 14.3. The van der Waals surface area contributed by atoms with Crippen LogP contribution in [0.5, 0.6) is 0 Å². The van der Waals surface area contributed by atoms with Crippen molar-refractivity contribution in [2.75, 3.05) is 11.9 Å². The van der Waals surface area contributed by atoms with E-state index >= 15 is 0 Å². The van der Waals surface area contributed by atoms with Crippen molar-refractivity contribution in [2.45, 2.75) is 24.7 Å². The Hall–Kier alpha value is -2.77. The fraction of sp³-hybridized carbons (Fsp3) is 0.190. The molecule has 5 nitrogen and oxygen atoms in total. The predicted molar refractivity (Wildman–Crippen MR) is 107 cm³/mol. The van der Waals surface area contributed by atoms with Crippen molar-refractivity contribution in [2.24, 2.45) is 0 Å². The summed E-state index contributed by atoms with van der Waals surface area (Å²) >= 11 is 0. The number of sulfonamides is 1. The minimum absolute atomic E-state index is 0.152. The summed E-state index contributed by atoms with van der Waals surface area (Å²) in [6.45, 7) is 1.84. The van der Waals surface area contributed by atoms with Gasteiger partial charge in [0.25, 0.3) is 5.91 Å². The molecule has 7 heteroatoms. The molecule has 4 rings (SSSR count). The summed E-state index contributed by atoms with van der Waals surface area (Å²) in [7, 11) is -3.79. The van der Waals surface area contributed by atoms with Gasteiger partial charge in [-0.2, -0.15) is 0 Å². The molecular weight excluding hydrogens is 379 g/mol. The number of aryl methyl sites for hydroxylation is 2. The van der Waals surface area contributed by atoms with Gasteiger partial charge in [0.2, 0.25) is 10.0 Å². The molecule has 0 atom stereocenters. The molecule has 1 aliphatic rings. The van der Waals surface area contributed by atoms with Crippen LogP contribution in [-0.4, -0.2) is 20.9 Å². The van der Waals surface area contributed by atoms with Gasteiger partial charge in [-0.15, -0.1) is 0 Å². The Bertz CT molecular complexity index is 1200. The van der Waals surface area contributed by atoms with Gasteiger partial charge in [-0.25, -0.2) is 17.5 Å². The maximum Gasteiger partial charge on any atom is 0.258 e. The number of hydrogen-bond acceptors (Lipinski definition) is 3. The smallest absolute Gasteiger partial charge is 0.258 e. The van der Waals surface area contributed by atoms with Crippen LogP contribution in [0.1, 0.15) is 28.4 Å². The lowest BCUT2D eigenvalue weighted by molar-refractivity contribution is 0.102. The summed E-state index contributed by atoms with van der Waals surface area (Å²) in [6, 6.07) is 12.9. The van der Waals surface area contributed by atoms with Gasteiger partial charge in [0.05, 0.1) is 10.5 Å². The number of carbonyl (C=O) groups excluding carboxylic acids is 1. The Labute approximate surface area is 162 Å². The molecule has 0 aromatic heterocycles. The Morgan fingerprint density at radius 3 is 2.57 bits per heavy atom. The quantitative estimate of drug-likeness (QED) is 0.689. The monoisotopic (exact) mass is 398 g/mol. The molecule has 0 heterocycles. The highest BCUT2D eigenvalue weighted by atomic mass is 32.2. The van der Waals surface area contributed by atoms with Crippen molar-refractivity contribution in [1.82, 2.24) is 4.72 Å². The molecule has 3 aromatic rings. The second-order valence-electron chi connectivity index (χ2n) is 6.71. The van der Waals surface area contributed by atoms with E-state index in [4.69, 9.17) is 0 Å². The highest BCUT2D eigenvalue weighted by Gasteiger charge is 2.21. The first-order chi connectivity index (χ1) is 13.4. The fourth-order valence-electron chi connectivity index (χ4n) is 3.66. The molecule has 0 radical (unpaired) electrons. The van der Waals surface area contributed by atoms with Crippen LogP contribution in [0.3, 0.4) is 0 Å². The van der Waals surface area contributed by atoms with Crippen molar-refractivity contribution < 1.29 is 17.6 Å². The minimum Gasteiger partial charge on any atom is -0.321 e. The van der Waals surface area contributed by atoms with E-state index in [2.05, 4.69) is 16.1 Å². The second kappa shape index (κ2) is 7.00. The molecule has 0 saturated heterocycles. The molecular formula is C21H19FN2O3S. The highest BCUT2D eigenvalue weighted by molar-refractivity contribution is 7.89. The molecule has 1 amide bonds.